The van der Waals surface area contributed by atoms with Crippen molar-refractivity contribution in [1.82, 2.24) is 4.90 Å². The fourth-order valence-electron chi connectivity index (χ4n) is 2.75. The molecule has 0 atom stereocenters. The molecular formula is C21H16BrClN2O7S. The lowest BCUT2D eigenvalue weighted by Gasteiger charge is -2.13. The van der Waals surface area contributed by atoms with E-state index in [1.165, 1.54) is 25.3 Å². The largest absolute Gasteiger partial charge is 0.493 e. The van der Waals surface area contributed by atoms with Crippen molar-refractivity contribution in [2.24, 2.45) is 0 Å². The Morgan fingerprint density at radius 3 is 2.64 bits per heavy atom. The van der Waals surface area contributed by atoms with E-state index in [1.807, 2.05) is 0 Å². The molecule has 0 radical (unpaired) electrons. The number of methoxy groups -OCH3 is 1. The highest BCUT2D eigenvalue weighted by Gasteiger charge is 2.36. The van der Waals surface area contributed by atoms with Gasteiger partial charge in [-0.3, -0.25) is 19.3 Å². The van der Waals surface area contributed by atoms with Crippen LogP contribution in [0.1, 0.15) is 5.56 Å². The number of anilines is 1. The topological polar surface area (TPSA) is 122 Å². The first kappa shape index (κ1) is 24.6. The van der Waals surface area contributed by atoms with Crippen LogP contribution >= 0.6 is 39.3 Å². The highest BCUT2D eigenvalue weighted by atomic mass is 79.9. The third-order valence-electron chi connectivity index (χ3n) is 4.24. The lowest BCUT2D eigenvalue weighted by Crippen LogP contribution is -2.36. The first-order chi connectivity index (χ1) is 15.7. The summed E-state index contributed by atoms with van der Waals surface area (Å²) in [7, 11) is 1.38. The van der Waals surface area contributed by atoms with Gasteiger partial charge in [-0.1, -0.05) is 39.7 Å². The molecule has 0 aliphatic carbocycles. The Balaban J connectivity index is 1.77. The van der Waals surface area contributed by atoms with Crippen LogP contribution in [0.2, 0.25) is 5.02 Å². The van der Waals surface area contributed by atoms with Crippen molar-refractivity contribution >= 4 is 74.1 Å². The lowest BCUT2D eigenvalue weighted by atomic mass is 10.2. The fourth-order valence-corrected chi connectivity index (χ4v) is 4.20. The molecule has 33 heavy (non-hydrogen) atoms. The standard InChI is InChI=1S/C21H16BrClN2O7S/c1-31-15-6-11(12(22)8-16(15)32-10-19(27)28)7-17-20(29)25(21(30)33-17)9-18(26)24-14-5-3-2-4-13(14)23/h2-8H,9-10H2,1H3,(H,24,26)(H,27,28)/b17-7+. The molecule has 0 saturated carbocycles. The average molecular weight is 556 g/mol. The van der Waals surface area contributed by atoms with Gasteiger partial charge in [0.2, 0.25) is 5.91 Å². The first-order valence-electron chi connectivity index (χ1n) is 9.21. The molecule has 2 aromatic rings. The summed E-state index contributed by atoms with van der Waals surface area (Å²) in [5, 5.41) is 11.1. The second kappa shape index (κ2) is 10.7. The third kappa shape index (κ3) is 6.06. The number of carboxylic acids is 1. The summed E-state index contributed by atoms with van der Waals surface area (Å²) in [5.74, 6) is -1.92. The second-order valence-electron chi connectivity index (χ2n) is 6.50. The molecule has 0 spiro atoms. The number of ether oxygens (including phenoxy) is 2. The molecule has 1 heterocycles. The van der Waals surface area contributed by atoms with Crippen molar-refractivity contribution in [1.29, 1.82) is 0 Å². The lowest BCUT2D eigenvalue weighted by molar-refractivity contribution is -0.139. The normalized spacial score (nSPS) is 14.5. The molecule has 1 aliphatic rings. The van der Waals surface area contributed by atoms with Gasteiger partial charge in [-0.15, -0.1) is 0 Å². The highest BCUT2D eigenvalue weighted by molar-refractivity contribution is 9.10. The maximum Gasteiger partial charge on any atom is 0.341 e. The molecular weight excluding hydrogens is 540 g/mol. The van der Waals surface area contributed by atoms with E-state index in [1.54, 1.807) is 24.3 Å². The summed E-state index contributed by atoms with van der Waals surface area (Å²) in [6.07, 6.45) is 1.46. The number of halogens is 2. The van der Waals surface area contributed by atoms with E-state index in [4.69, 9.17) is 26.2 Å². The van der Waals surface area contributed by atoms with Crippen LogP contribution in [0.4, 0.5) is 10.5 Å². The Bertz CT molecular complexity index is 1170. The number of amides is 3. The fraction of sp³-hybridized carbons (Fsp3) is 0.143. The smallest absolute Gasteiger partial charge is 0.341 e. The first-order valence-corrected chi connectivity index (χ1v) is 11.2. The van der Waals surface area contributed by atoms with Crippen molar-refractivity contribution < 1.29 is 33.8 Å². The van der Waals surface area contributed by atoms with E-state index >= 15 is 0 Å². The van der Waals surface area contributed by atoms with Crippen LogP contribution in [0.15, 0.2) is 45.8 Å². The highest BCUT2D eigenvalue weighted by Crippen LogP contribution is 2.38. The van der Waals surface area contributed by atoms with E-state index in [9.17, 15) is 19.2 Å². The van der Waals surface area contributed by atoms with Crippen molar-refractivity contribution in [2.75, 3.05) is 25.6 Å². The van der Waals surface area contributed by atoms with Gasteiger partial charge in [0.1, 0.15) is 6.54 Å². The predicted molar refractivity (Wildman–Crippen MR) is 127 cm³/mol. The quantitative estimate of drug-likeness (QED) is 0.464. The predicted octanol–water partition coefficient (Wildman–Crippen LogP) is 4.25. The molecule has 0 bridgehead atoms. The maximum absolute atomic E-state index is 12.8. The Kier molecular flexibility index (Phi) is 8.01. The zero-order chi connectivity index (χ0) is 24.1. The number of nitrogens with zero attached hydrogens (tertiary/aromatic N) is 1. The molecule has 2 N–H and O–H groups in total. The van der Waals surface area contributed by atoms with Crippen LogP contribution in [0, 0.1) is 0 Å². The molecule has 0 aromatic heterocycles. The Hall–Kier alpha value is -3.02. The number of para-hydroxylation sites is 1. The van der Waals surface area contributed by atoms with E-state index in [0.29, 0.717) is 32.5 Å². The van der Waals surface area contributed by atoms with Gasteiger partial charge < -0.3 is 19.9 Å². The molecule has 1 saturated heterocycles. The number of hydrogen-bond acceptors (Lipinski definition) is 7. The Labute approximate surface area is 205 Å². The Morgan fingerprint density at radius 2 is 1.97 bits per heavy atom. The maximum atomic E-state index is 12.8. The van der Waals surface area contributed by atoms with Gasteiger partial charge in [0.15, 0.2) is 18.1 Å². The van der Waals surface area contributed by atoms with Gasteiger partial charge in [-0.2, -0.15) is 0 Å². The Morgan fingerprint density at radius 1 is 1.24 bits per heavy atom. The summed E-state index contributed by atoms with van der Waals surface area (Å²) in [6, 6.07) is 9.62. The molecule has 1 aliphatic heterocycles. The second-order valence-corrected chi connectivity index (χ2v) is 8.76. The van der Waals surface area contributed by atoms with Gasteiger partial charge >= 0.3 is 5.97 Å². The van der Waals surface area contributed by atoms with Crippen LogP contribution < -0.4 is 14.8 Å². The van der Waals surface area contributed by atoms with Crippen LogP contribution in [0.25, 0.3) is 6.08 Å². The molecule has 0 unspecified atom stereocenters. The number of carboxylic acid groups (broad SMARTS) is 1. The zero-order valence-corrected chi connectivity index (χ0v) is 20.1. The zero-order valence-electron chi connectivity index (χ0n) is 17.0. The van der Waals surface area contributed by atoms with Gasteiger partial charge in [0, 0.05) is 4.47 Å². The minimum absolute atomic E-state index is 0.104. The number of carbonyl (C=O) groups is 4. The number of carbonyl (C=O) groups excluding carboxylic acids is 3. The molecule has 1 fully saturated rings. The number of nitrogens with one attached hydrogen (secondary N) is 1. The van der Waals surface area contributed by atoms with E-state index in [-0.39, 0.29) is 16.4 Å². The summed E-state index contributed by atoms with van der Waals surface area (Å²) in [4.78, 5) is 49.1. The van der Waals surface area contributed by atoms with Gasteiger partial charge in [-0.25, -0.2) is 4.79 Å². The summed E-state index contributed by atoms with van der Waals surface area (Å²) in [6.45, 7) is -1.03. The summed E-state index contributed by atoms with van der Waals surface area (Å²) in [5.41, 5.74) is 0.855. The van der Waals surface area contributed by atoms with Gasteiger partial charge in [0.25, 0.3) is 11.1 Å². The summed E-state index contributed by atoms with van der Waals surface area (Å²) < 4.78 is 10.9. The van der Waals surface area contributed by atoms with E-state index < -0.39 is 36.2 Å². The van der Waals surface area contributed by atoms with Gasteiger partial charge in [-0.05, 0) is 47.7 Å². The van der Waals surface area contributed by atoms with Crippen LogP contribution in [-0.4, -0.2) is 53.3 Å². The average Bonchev–Trinajstić information content (AvgIpc) is 3.02. The van der Waals surface area contributed by atoms with Crippen molar-refractivity contribution in [3.63, 3.8) is 0 Å². The number of rotatable bonds is 8. The third-order valence-corrected chi connectivity index (χ3v) is 6.17. The van der Waals surface area contributed by atoms with Crippen molar-refractivity contribution in [2.45, 2.75) is 0 Å². The van der Waals surface area contributed by atoms with Crippen LogP contribution in [0.5, 0.6) is 11.5 Å². The van der Waals surface area contributed by atoms with Crippen LogP contribution in [0.3, 0.4) is 0 Å². The van der Waals surface area contributed by atoms with Crippen LogP contribution in [-0.2, 0) is 14.4 Å². The van der Waals surface area contributed by atoms with Crippen molar-refractivity contribution in [3.05, 3.63) is 56.4 Å². The summed E-state index contributed by atoms with van der Waals surface area (Å²) >= 11 is 10.0. The molecule has 12 heteroatoms. The molecule has 9 nitrogen and oxygen atoms in total. The van der Waals surface area contributed by atoms with E-state index in [0.717, 1.165) is 4.90 Å². The molecule has 2 aromatic carbocycles. The number of thioether (sulfide) groups is 1. The molecule has 3 amide bonds. The molecule has 172 valence electrons. The number of hydrogen-bond donors (Lipinski definition) is 2. The SMILES string of the molecule is COc1cc(/C=C2/SC(=O)N(CC(=O)Nc3ccccc3Cl)C2=O)c(Br)cc1OCC(=O)O. The minimum atomic E-state index is -1.15. The number of benzene rings is 2. The van der Waals surface area contributed by atoms with Crippen molar-refractivity contribution in [3.8, 4) is 11.5 Å². The van der Waals surface area contributed by atoms with E-state index in [2.05, 4.69) is 21.2 Å². The number of aliphatic carboxylic acids is 1. The monoisotopic (exact) mass is 554 g/mol. The molecule has 3 rings (SSSR count). The minimum Gasteiger partial charge on any atom is -0.493 e. The number of imide groups is 1. The van der Waals surface area contributed by atoms with Gasteiger partial charge in [0.05, 0.1) is 22.7 Å².